The van der Waals surface area contributed by atoms with Gasteiger partial charge in [-0.2, -0.15) is 0 Å². The fourth-order valence-electron chi connectivity index (χ4n) is 2.34. The van der Waals surface area contributed by atoms with Crippen LogP contribution in [0.4, 0.5) is 0 Å². The molecule has 0 aromatic heterocycles. The zero-order valence-corrected chi connectivity index (χ0v) is 9.14. The van der Waals surface area contributed by atoms with Crippen LogP contribution in [0.15, 0.2) is 12.2 Å². The summed E-state index contributed by atoms with van der Waals surface area (Å²) in [6, 6.07) is 0. The van der Waals surface area contributed by atoms with Crippen molar-refractivity contribution < 1.29 is 5.11 Å². The molecule has 1 saturated carbocycles. The van der Waals surface area contributed by atoms with Gasteiger partial charge in [0.2, 0.25) is 0 Å². The van der Waals surface area contributed by atoms with Crippen LogP contribution in [0.2, 0.25) is 0 Å². The highest BCUT2D eigenvalue weighted by atomic mass is 16.3. The Hall–Kier alpha value is -0.300. The molecule has 1 fully saturated rings. The van der Waals surface area contributed by atoms with Gasteiger partial charge in [-0.3, -0.25) is 0 Å². The Bertz CT molecular complexity index is 197. The monoisotopic (exact) mass is 182 g/mol. The summed E-state index contributed by atoms with van der Waals surface area (Å²) in [5.74, 6) is 0.347. The standard InChI is InChI=1S/C12H22O/c1-5-12(4)7-6-10(9(2)3)11(13)8-12/h10-11,13H,2,5-8H2,1,3-4H3. The van der Waals surface area contributed by atoms with Crippen LogP contribution in [0.5, 0.6) is 0 Å². The first kappa shape index (κ1) is 10.8. The van der Waals surface area contributed by atoms with Gasteiger partial charge in [-0.05, 0) is 31.6 Å². The molecule has 3 atom stereocenters. The van der Waals surface area contributed by atoms with E-state index in [1.165, 1.54) is 12.8 Å². The zero-order valence-electron chi connectivity index (χ0n) is 9.14. The van der Waals surface area contributed by atoms with Crippen LogP contribution in [0, 0.1) is 11.3 Å². The normalized spacial score (nSPS) is 40.3. The first-order valence-corrected chi connectivity index (χ1v) is 5.32. The van der Waals surface area contributed by atoms with E-state index in [-0.39, 0.29) is 6.10 Å². The summed E-state index contributed by atoms with van der Waals surface area (Å²) in [7, 11) is 0. The SMILES string of the molecule is C=C(C)C1CCC(C)(CC)CC1O. The van der Waals surface area contributed by atoms with E-state index in [0.717, 1.165) is 18.4 Å². The van der Waals surface area contributed by atoms with E-state index >= 15 is 0 Å². The van der Waals surface area contributed by atoms with Crippen molar-refractivity contribution in [1.29, 1.82) is 0 Å². The fourth-order valence-corrected chi connectivity index (χ4v) is 2.34. The Morgan fingerprint density at radius 3 is 2.62 bits per heavy atom. The molecule has 3 unspecified atom stereocenters. The molecular weight excluding hydrogens is 160 g/mol. The van der Waals surface area contributed by atoms with E-state index in [1.807, 2.05) is 6.92 Å². The molecule has 0 amide bonds. The van der Waals surface area contributed by atoms with Gasteiger partial charge in [0.15, 0.2) is 0 Å². The van der Waals surface area contributed by atoms with E-state index in [2.05, 4.69) is 20.4 Å². The third-order valence-corrected chi connectivity index (χ3v) is 3.71. The second-order valence-electron chi connectivity index (χ2n) is 4.93. The van der Waals surface area contributed by atoms with E-state index in [1.54, 1.807) is 0 Å². The van der Waals surface area contributed by atoms with Gasteiger partial charge >= 0.3 is 0 Å². The molecule has 1 nitrogen and oxygen atoms in total. The van der Waals surface area contributed by atoms with Crippen molar-refractivity contribution in [2.75, 3.05) is 0 Å². The van der Waals surface area contributed by atoms with Gasteiger partial charge in [-0.1, -0.05) is 32.4 Å². The lowest BCUT2D eigenvalue weighted by Gasteiger charge is -2.40. The van der Waals surface area contributed by atoms with Crippen LogP contribution in [-0.2, 0) is 0 Å². The molecule has 1 aliphatic rings. The molecule has 1 aliphatic carbocycles. The molecule has 0 radical (unpaired) electrons. The highest BCUT2D eigenvalue weighted by Gasteiger charge is 2.35. The van der Waals surface area contributed by atoms with Crippen LogP contribution in [0.1, 0.15) is 46.5 Å². The lowest BCUT2D eigenvalue weighted by atomic mass is 9.67. The largest absolute Gasteiger partial charge is 0.392 e. The van der Waals surface area contributed by atoms with Gasteiger partial charge in [0.1, 0.15) is 0 Å². The van der Waals surface area contributed by atoms with Gasteiger partial charge in [-0.15, -0.1) is 0 Å². The van der Waals surface area contributed by atoms with E-state index in [9.17, 15) is 5.11 Å². The van der Waals surface area contributed by atoms with Gasteiger partial charge in [0.25, 0.3) is 0 Å². The van der Waals surface area contributed by atoms with Crippen LogP contribution in [-0.4, -0.2) is 11.2 Å². The number of aliphatic hydroxyl groups is 1. The summed E-state index contributed by atoms with van der Waals surface area (Å²) in [4.78, 5) is 0. The zero-order chi connectivity index (χ0) is 10.1. The van der Waals surface area contributed by atoms with Crippen molar-refractivity contribution in [1.82, 2.24) is 0 Å². The Balaban J connectivity index is 2.61. The highest BCUT2D eigenvalue weighted by molar-refractivity contribution is 5.03. The minimum atomic E-state index is -0.156. The second-order valence-corrected chi connectivity index (χ2v) is 4.93. The molecule has 1 N–H and O–H groups in total. The Labute approximate surface area is 81.9 Å². The van der Waals surface area contributed by atoms with Crippen molar-refractivity contribution in [2.24, 2.45) is 11.3 Å². The predicted molar refractivity (Wildman–Crippen MR) is 56.6 cm³/mol. The van der Waals surface area contributed by atoms with Crippen molar-refractivity contribution in [3.05, 3.63) is 12.2 Å². The minimum absolute atomic E-state index is 0.156. The van der Waals surface area contributed by atoms with E-state index in [4.69, 9.17) is 0 Å². The lowest BCUT2D eigenvalue weighted by Crippen LogP contribution is -2.35. The molecule has 13 heavy (non-hydrogen) atoms. The molecule has 0 bridgehead atoms. The summed E-state index contributed by atoms with van der Waals surface area (Å²) in [5, 5.41) is 9.95. The molecule has 0 aliphatic heterocycles. The van der Waals surface area contributed by atoms with Crippen molar-refractivity contribution in [3.8, 4) is 0 Å². The van der Waals surface area contributed by atoms with Crippen molar-refractivity contribution in [2.45, 2.75) is 52.6 Å². The molecule has 0 aromatic rings. The number of rotatable bonds is 2. The van der Waals surface area contributed by atoms with E-state index in [0.29, 0.717) is 11.3 Å². The fraction of sp³-hybridized carbons (Fsp3) is 0.833. The molecule has 0 spiro atoms. The Kier molecular flexibility index (Phi) is 3.18. The average molecular weight is 182 g/mol. The lowest BCUT2D eigenvalue weighted by molar-refractivity contribution is 0.0204. The summed E-state index contributed by atoms with van der Waals surface area (Å²) in [6.45, 7) is 10.5. The first-order valence-electron chi connectivity index (χ1n) is 5.32. The molecule has 0 heterocycles. The van der Waals surface area contributed by atoms with Crippen molar-refractivity contribution >= 4 is 0 Å². The van der Waals surface area contributed by atoms with Crippen molar-refractivity contribution in [3.63, 3.8) is 0 Å². The summed E-state index contributed by atoms with van der Waals surface area (Å²) in [6.07, 6.45) is 4.31. The summed E-state index contributed by atoms with van der Waals surface area (Å²) >= 11 is 0. The summed E-state index contributed by atoms with van der Waals surface area (Å²) < 4.78 is 0. The maximum absolute atomic E-state index is 9.95. The van der Waals surface area contributed by atoms with Crippen LogP contribution in [0.25, 0.3) is 0 Å². The van der Waals surface area contributed by atoms with Crippen LogP contribution >= 0.6 is 0 Å². The van der Waals surface area contributed by atoms with Gasteiger partial charge < -0.3 is 5.11 Å². The number of aliphatic hydroxyl groups excluding tert-OH is 1. The molecule has 76 valence electrons. The molecular formula is C12H22O. The molecule has 1 heteroatoms. The van der Waals surface area contributed by atoms with Gasteiger partial charge in [-0.25, -0.2) is 0 Å². The van der Waals surface area contributed by atoms with Gasteiger partial charge in [0, 0.05) is 5.92 Å². The maximum atomic E-state index is 9.95. The topological polar surface area (TPSA) is 20.2 Å². The number of hydrogen-bond donors (Lipinski definition) is 1. The van der Waals surface area contributed by atoms with E-state index < -0.39 is 0 Å². The second kappa shape index (κ2) is 3.83. The quantitative estimate of drug-likeness (QED) is 0.650. The van der Waals surface area contributed by atoms with Crippen LogP contribution in [0.3, 0.4) is 0 Å². The predicted octanol–water partition coefficient (Wildman–Crippen LogP) is 3.14. The Morgan fingerprint density at radius 2 is 2.23 bits per heavy atom. The summed E-state index contributed by atoms with van der Waals surface area (Å²) in [5.41, 5.74) is 1.51. The van der Waals surface area contributed by atoms with Gasteiger partial charge in [0.05, 0.1) is 6.10 Å². The van der Waals surface area contributed by atoms with Crippen LogP contribution < -0.4 is 0 Å². The molecule has 1 rings (SSSR count). The third-order valence-electron chi connectivity index (χ3n) is 3.71. The third kappa shape index (κ3) is 2.34. The smallest absolute Gasteiger partial charge is 0.0610 e. The number of hydrogen-bond acceptors (Lipinski definition) is 1. The molecule has 0 aromatic carbocycles. The maximum Gasteiger partial charge on any atom is 0.0610 e. The average Bonchev–Trinajstić information content (AvgIpc) is 2.03. The Morgan fingerprint density at radius 1 is 1.62 bits per heavy atom. The highest BCUT2D eigenvalue weighted by Crippen LogP contribution is 2.42. The first-order chi connectivity index (χ1) is 5.98. The minimum Gasteiger partial charge on any atom is -0.392 e. The molecule has 0 saturated heterocycles.